The minimum absolute atomic E-state index is 0.0596. The van der Waals surface area contributed by atoms with Gasteiger partial charge in [0.25, 0.3) is 0 Å². The summed E-state index contributed by atoms with van der Waals surface area (Å²) in [5, 5.41) is 2.86. The largest absolute Gasteiger partial charge is 0.611 e. The Hall–Kier alpha value is -1.22. The van der Waals surface area contributed by atoms with Crippen LogP contribution in [0.4, 0.5) is 11.4 Å². The number of unbranched alkanes of at least 4 members (excludes halogenated alkanes) is 1. The smallest absolute Gasteiger partial charge is 0.224 e. The molecule has 0 aliphatic carbocycles. The van der Waals surface area contributed by atoms with Gasteiger partial charge in [0.15, 0.2) is 4.90 Å². The molecule has 1 aliphatic rings. The van der Waals surface area contributed by atoms with Gasteiger partial charge < -0.3 is 20.3 Å². The first-order chi connectivity index (χ1) is 12.9. The Labute approximate surface area is 178 Å². The molecule has 1 atom stereocenters. The highest BCUT2D eigenvalue weighted by Crippen LogP contribution is 2.32. The van der Waals surface area contributed by atoms with E-state index in [4.69, 9.17) is 10.5 Å². The molecule has 0 fully saturated rings. The summed E-state index contributed by atoms with van der Waals surface area (Å²) < 4.78 is 19.7. The lowest BCUT2D eigenvalue weighted by atomic mass is 10.0. The number of benzene rings is 2. The van der Waals surface area contributed by atoms with E-state index < -0.39 is 11.2 Å². The van der Waals surface area contributed by atoms with E-state index in [1.54, 1.807) is 12.1 Å². The number of rotatable bonds is 7. The summed E-state index contributed by atoms with van der Waals surface area (Å²) in [5.74, 6) is 1.43. The molecule has 1 heterocycles. The van der Waals surface area contributed by atoms with E-state index in [1.165, 1.54) is 0 Å². The van der Waals surface area contributed by atoms with E-state index in [9.17, 15) is 9.35 Å². The van der Waals surface area contributed by atoms with Crippen molar-refractivity contribution in [3.05, 3.63) is 44.8 Å². The van der Waals surface area contributed by atoms with Gasteiger partial charge >= 0.3 is 0 Å². The van der Waals surface area contributed by atoms with Crippen molar-refractivity contribution in [1.29, 1.82) is 0 Å². The fourth-order valence-electron chi connectivity index (χ4n) is 2.79. The van der Waals surface area contributed by atoms with Crippen molar-refractivity contribution in [3.63, 3.8) is 0 Å². The van der Waals surface area contributed by atoms with Crippen LogP contribution in [0.3, 0.4) is 0 Å². The fraction of sp³-hybridized carbons (Fsp3) is 0.316. The van der Waals surface area contributed by atoms with Crippen LogP contribution in [0, 0.1) is 0 Å². The molecule has 8 heteroatoms. The van der Waals surface area contributed by atoms with E-state index >= 15 is 0 Å². The molecule has 0 saturated heterocycles. The molecule has 0 radical (unpaired) electrons. The number of hydrogen-bond donors (Lipinski definition) is 2. The molecule has 0 aromatic heterocycles. The average Bonchev–Trinajstić information content (AvgIpc) is 2.65. The van der Waals surface area contributed by atoms with Crippen LogP contribution >= 0.6 is 31.9 Å². The summed E-state index contributed by atoms with van der Waals surface area (Å²) in [6.45, 7) is 0.567. The molecule has 1 amide bonds. The topological polar surface area (TPSA) is 87.4 Å². The third kappa shape index (κ3) is 5.40. The Morgan fingerprint density at radius 1 is 1.15 bits per heavy atom. The second-order valence-electron chi connectivity index (χ2n) is 6.27. The fourth-order valence-corrected chi connectivity index (χ4v) is 5.48. The third-order valence-electron chi connectivity index (χ3n) is 4.28. The highest BCUT2D eigenvalue weighted by atomic mass is 79.9. The lowest BCUT2D eigenvalue weighted by Crippen LogP contribution is -2.18. The number of carbonyl (C=O) groups excluding carboxylic acids is 1. The van der Waals surface area contributed by atoms with Crippen molar-refractivity contribution < 1.29 is 14.1 Å². The Kier molecular flexibility index (Phi) is 7.08. The van der Waals surface area contributed by atoms with Gasteiger partial charge in [0, 0.05) is 33.2 Å². The quantitative estimate of drug-likeness (QED) is 0.319. The van der Waals surface area contributed by atoms with Crippen LogP contribution in [0.2, 0.25) is 0 Å². The van der Waals surface area contributed by atoms with Gasteiger partial charge in [0.1, 0.15) is 11.5 Å². The van der Waals surface area contributed by atoms with Crippen molar-refractivity contribution in [2.24, 2.45) is 0 Å². The maximum absolute atomic E-state index is 12.4. The number of amides is 1. The molecule has 144 valence electrons. The van der Waals surface area contributed by atoms with Gasteiger partial charge in [-0.05, 0) is 86.1 Å². The molecular formula is C19H20Br2N2O3S. The molecule has 3 rings (SSSR count). The highest BCUT2D eigenvalue weighted by molar-refractivity contribution is 9.11. The number of hydrogen-bond acceptors (Lipinski definition) is 4. The van der Waals surface area contributed by atoms with Crippen LogP contribution in [-0.4, -0.2) is 22.8 Å². The number of halogens is 2. The van der Waals surface area contributed by atoms with Crippen molar-refractivity contribution >= 4 is 60.3 Å². The summed E-state index contributed by atoms with van der Waals surface area (Å²) in [5.41, 5.74) is 8.45. The summed E-state index contributed by atoms with van der Waals surface area (Å²) >= 11 is 5.69. The molecule has 2 aromatic carbocycles. The van der Waals surface area contributed by atoms with Gasteiger partial charge in [-0.1, -0.05) is 0 Å². The minimum atomic E-state index is -1.08. The summed E-state index contributed by atoms with van der Waals surface area (Å²) in [6.07, 6.45) is 2.87. The first-order valence-electron chi connectivity index (χ1n) is 8.62. The van der Waals surface area contributed by atoms with Crippen LogP contribution in [-0.2, 0) is 22.4 Å². The van der Waals surface area contributed by atoms with Gasteiger partial charge in [-0.2, -0.15) is 0 Å². The summed E-state index contributed by atoms with van der Waals surface area (Å²) in [4.78, 5) is 12.1. The Morgan fingerprint density at radius 2 is 1.89 bits per heavy atom. The molecule has 1 aliphatic heterocycles. The standard InChI is InChI=1S/C19H20Br2N2O3S/c20-15-10-14(11-16(21)19(15)22)27(25)8-2-1-7-26-13-4-5-17-12(9-13)3-6-18(24)23-17/h4-5,9-11H,1-3,6-8,22H2,(H,23,24). The van der Waals surface area contributed by atoms with E-state index in [-0.39, 0.29) is 5.91 Å². The lowest BCUT2D eigenvalue weighted by Gasteiger charge is -2.17. The number of carbonyl (C=O) groups is 1. The van der Waals surface area contributed by atoms with Crippen LogP contribution in [0.25, 0.3) is 0 Å². The first kappa shape index (κ1) is 20.5. The average molecular weight is 516 g/mol. The maximum Gasteiger partial charge on any atom is 0.224 e. The second-order valence-corrected chi connectivity index (χ2v) is 9.55. The third-order valence-corrected chi connectivity index (χ3v) is 7.01. The SMILES string of the molecule is Nc1c(Br)cc([S+]([O-])CCCCOc2ccc3c(c2)CCC(=O)N3)cc1Br. The molecule has 1 unspecified atom stereocenters. The number of anilines is 2. The molecule has 2 aromatic rings. The zero-order valence-electron chi connectivity index (χ0n) is 14.6. The number of ether oxygens (including phenoxy) is 1. The molecule has 3 N–H and O–H groups in total. The number of nitrogen functional groups attached to an aromatic ring is 1. The second kappa shape index (κ2) is 9.32. The van der Waals surface area contributed by atoms with Gasteiger partial charge in [0.05, 0.1) is 12.3 Å². The first-order valence-corrected chi connectivity index (χ1v) is 11.5. The molecular weight excluding hydrogens is 496 g/mol. The van der Waals surface area contributed by atoms with Crippen LogP contribution < -0.4 is 15.8 Å². The van der Waals surface area contributed by atoms with E-state index in [0.717, 1.165) is 50.1 Å². The Balaban J connectivity index is 1.44. The van der Waals surface area contributed by atoms with Crippen LogP contribution in [0.1, 0.15) is 24.8 Å². The molecule has 0 saturated carbocycles. The monoisotopic (exact) mass is 514 g/mol. The van der Waals surface area contributed by atoms with E-state index in [2.05, 4.69) is 37.2 Å². The summed E-state index contributed by atoms with van der Waals surface area (Å²) in [7, 11) is 0. The van der Waals surface area contributed by atoms with Gasteiger partial charge in [-0.15, -0.1) is 0 Å². The predicted molar refractivity (Wildman–Crippen MR) is 116 cm³/mol. The van der Waals surface area contributed by atoms with E-state index in [0.29, 0.717) is 24.5 Å². The minimum Gasteiger partial charge on any atom is -0.611 e. The summed E-state index contributed by atoms with van der Waals surface area (Å²) in [6, 6.07) is 9.34. The zero-order valence-corrected chi connectivity index (χ0v) is 18.6. The molecule has 0 bridgehead atoms. The Morgan fingerprint density at radius 3 is 2.63 bits per heavy atom. The van der Waals surface area contributed by atoms with Crippen molar-refractivity contribution in [3.8, 4) is 5.75 Å². The van der Waals surface area contributed by atoms with Crippen molar-refractivity contribution in [2.45, 2.75) is 30.6 Å². The maximum atomic E-state index is 12.4. The highest BCUT2D eigenvalue weighted by Gasteiger charge is 2.16. The van der Waals surface area contributed by atoms with Crippen molar-refractivity contribution in [1.82, 2.24) is 0 Å². The number of aryl methyl sites for hydroxylation is 1. The van der Waals surface area contributed by atoms with Gasteiger partial charge in [-0.25, -0.2) is 0 Å². The normalized spacial score (nSPS) is 14.4. The van der Waals surface area contributed by atoms with Crippen molar-refractivity contribution in [2.75, 3.05) is 23.4 Å². The predicted octanol–water partition coefficient (Wildman–Crippen LogP) is 4.65. The number of nitrogens with one attached hydrogen (secondary N) is 1. The van der Waals surface area contributed by atoms with Gasteiger partial charge in [0.2, 0.25) is 5.91 Å². The Bertz CT molecular complexity index is 825. The number of fused-ring (bicyclic) bond motifs is 1. The lowest BCUT2D eigenvalue weighted by molar-refractivity contribution is -0.116. The van der Waals surface area contributed by atoms with Crippen LogP contribution in [0.15, 0.2) is 44.2 Å². The zero-order chi connectivity index (χ0) is 19.4. The van der Waals surface area contributed by atoms with Gasteiger partial charge in [-0.3, -0.25) is 4.79 Å². The number of nitrogens with two attached hydrogens (primary N) is 1. The van der Waals surface area contributed by atoms with Crippen LogP contribution in [0.5, 0.6) is 5.75 Å². The molecule has 5 nitrogen and oxygen atoms in total. The van der Waals surface area contributed by atoms with E-state index in [1.807, 2.05) is 18.2 Å². The molecule has 0 spiro atoms. The molecule has 27 heavy (non-hydrogen) atoms.